The van der Waals surface area contributed by atoms with Gasteiger partial charge in [0, 0.05) is 0 Å². The van der Waals surface area contributed by atoms with Gasteiger partial charge in [-0.05, 0) is 57.6 Å². The van der Waals surface area contributed by atoms with E-state index in [0.717, 1.165) is 0 Å². The highest BCUT2D eigenvalue weighted by Crippen LogP contribution is 2.55. The summed E-state index contributed by atoms with van der Waals surface area (Å²) in [6, 6.07) is 40.8. The SMILES string of the molecule is [c]1ccc2c(c1)-c1c[c]ccc1C2(c1ccccc1)c1ccccc1. The van der Waals surface area contributed by atoms with Crippen molar-refractivity contribution in [1.29, 1.82) is 0 Å². The van der Waals surface area contributed by atoms with Crippen molar-refractivity contribution in [2.75, 3.05) is 0 Å². The summed E-state index contributed by atoms with van der Waals surface area (Å²) >= 11 is 0. The van der Waals surface area contributed by atoms with E-state index >= 15 is 0 Å². The van der Waals surface area contributed by atoms with Crippen molar-refractivity contribution in [1.82, 2.24) is 0 Å². The van der Waals surface area contributed by atoms with E-state index in [4.69, 9.17) is 0 Å². The number of hydrogen-bond donors (Lipinski definition) is 0. The number of hydrogen-bond acceptors (Lipinski definition) is 0. The standard InChI is InChI=1S/C25H16/c1-3-11-19(12-4-1)25(20-13-5-2-6-14-20)23-17-9-7-15-21(23)22-16-8-10-18-24(22)25/h1-6,9-18H. The van der Waals surface area contributed by atoms with Crippen molar-refractivity contribution in [2.45, 2.75) is 5.41 Å². The summed E-state index contributed by atoms with van der Waals surface area (Å²) in [7, 11) is 0. The Morgan fingerprint density at radius 3 is 1.40 bits per heavy atom. The Kier molecular flexibility index (Phi) is 3.11. The van der Waals surface area contributed by atoms with Crippen LogP contribution in [0.5, 0.6) is 0 Å². The Morgan fingerprint density at radius 2 is 0.960 bits per heavy atom. The quantitative estimate of drug-likeness (QED) is 0.395. The minimum Gasteiger partial charge on any atom is -0.0622 e. The fraction of sp³-hybridized carbons (Fsp3) is 0.0400. The van der Waals surface area contributed by atoms with Crippen LogP contribution in [0.25, 0.3) is 11.1 Å². The summed E-state index contributed by atoms with van der Waals surface area (Å²) in [4.78, 5) is 0. The van der Waals surface area contributed by atoms with Crippen molar-refractivity contribution >= 4 is 0 Å². The molecule has 0 N–H and O–H groups in total. The Morgan fingerprint density at radius 1 is 0.520 bits per heavy atom. The lowest BCUT2D eigenvalue weighted by Gasteiger charge is -2.33. The third kappa shape index (κ3) is 1.88. The monoisotopic (exact) mass is 316 g/mol. The smallest absolute Gasteiger partial charge is 0.0622 e. The summed E-state index contributed by atoms with van der Waals surface area (Å²) < 4.78 is 0. The van der Waals surface area contributed by atoms with Crippen molar-refractivity contribution in [3.8, 4) is 11.1 Å². The van der Waals surface area contributed by atoms with Gasteiger partial charge in [-0.25, -0.2) is 0 Å². The van der Waals surface area contributed by atoms with E-state index in [9.17, 15) is 0 Å². The summed E-state index contributed by atoms with van der Waals surface area (Å²) in [6.07, 6.45) is 0. The molecule has 4 aromatic carbocycles. The summed E-state index contributed by atoms with van der Waals surface area (Å²) in [6.45, 7) is 0. The molecule has 0 nitrogen and oxygen atoms in total. The fourth-order valence-corrected chi connectivity index (χ4v) is 4.27. The van der Waals surface area contributed by atoms with Crippen molar-refractivity contribution < 1.29 is 0 Å². The molecule has 0 amide bonds. The average Bonchev–Trinajstić information content (AvgIpc) is 3.01. The van der Waals surface area contributed by atoms with Gasteiger partial charge in [-0.15, -0.1) is 0 Å². The summed E-state index contributed by atoms with van der Waals surface area (Å²) in [5.41, 5.74) is 7.43. The first-order chi connectivity index (χ1) is 12.4. The maximum atomic E-state index is 3.26. The first-order valence-corrected chi connectivity index (χ1v) is 8.55. The highest BCUT2D eigenvalue weighted by atomic mass is 14.5. The van der Waals surface area contributed by atoms with Gasteiger partial charge >= 0.3 is 0 Å². The van der Waals surface area contributed by atoms with E-state index in [1.165, 1.54) is 33.4 Å². The number of benzene rings is 4. The predicted molar refractivity (Wildman–Crippen MR) is 101 cm³/mol. The molecule has 0 saturated heterocycles. The van der Waals surface area contributed by atoms with Crippen LogP contribution in [0, 0.1) is 12.1 Å². The molecule has 0 unspecified atom stereocenters. The second kappa shape index (κ2) is 5.46. The van der Waals surface area contributed by atoms with E-state index in [2.05, 4.69) is 97.1 Å². The molecule has 0 aliphatic heterocycles. The van der Waals surface area contributed by atoms with Gasteiger partial charge in [0.15, 0.2) is 0 Å². The zero-order chi connectivity index (χ0) is 16.7. The van der Waals surface area contributed by atoms with Crippen LogP contribution < -0.4 is 0 Å². The highest BCUT2D eigenvalue weighted by molar-refractivity contribution is 5.85. The molecule has 116 valence electrons. The van der Waals surface area contributed by atoms with Crippen LogP contribution in [0.1, 0.15) is 22.3 Å². The molecule has 1 aliphatic rings. The fourth-order valence-electron chi connectivity index (χ4n) is 4.27. The molecule has 4 aromatic rings. The zero-order valence-electron chi connectivity index (χ0n) is 13.7. The maximum Gasteiger partial charge on any atom is 0.0713 e. The second-order valence-electron chi connectivity index (χ2n) is 6.43. The minimum absolute atomic E-state index is 0.294. The molecule has 0 heterocycles. The van der Waals surface area contributed by atoms with E-state index in [-0.39, 0.29) is 5.41 Å². The lowest BCUT2D eigenvalue weighted by Crippen LogP contribution is -2.28. The Hall–Kier alpha value is -3.12. The van der Waals surface area contributed by atoms with Gasteiger partial charge in [-0.2, -0.15) is 0 Å². The lowest BCUT2D eigenvalue weighted by molar-refractivity contribution is 0.768. The molecule has 0 saturated carbocycles. The van der Waals surface area contributed by atoms with Gasteiger partial charge in [0.25, 0.3) is 0 Å². The average molecular weight is 316 g/mol. The zero-order valence-corrected chi connectivity index (χ0v) is 13.7. The highest BCUT2D eigenvalue weighted by Gasteiger charge is 2.45. The first-order valence-electron chi connectivity index (χ1n) is 8.55. The minimum atomic E-state index is -0.294. The van der Waals surface area contributed by atoms with Crippen LogP contribution in [0.3, 0.4) is 0 Å². The van der Waals surface area contributed by atoms with E-state index < -0.39 is 0 Å². The summed E-state index contributed by atoms with van der Waals surface area (Å²) in [5, 5.41) is 0. The normalized spacial score (nSPS) is 13.9. The van der Waals surface area contributed by atoms with Crippen LogP contribution in [-0.2, 0) is 5.41 Å². The third-order valence-electron chi connectivity index (χ3n) is 5.24. The van der Waals surface area contributed by atoms with Crippen LogP contribution in [-0.4, -0.2) is 0 Å². The molecule has 25 heavy (non-hydrogen) atoms. The lowest BCUT2D eigenvalue weighted by atomic mass is 9.68. The summed E-state index contributed by atoms with van der Waals surface area (Å²) in [5.74, 6) is 0. The number of rotatable bonds is 2. The molecule has 0 heteroatoms. The Balaban J connectivity index is 1.98. The van der Waals surface area contributed by atoms with E-state index in [1.54, 1.807) is 0 Å². The Labute approximate surface area is 148 Å². The molecule has 0 fully saturated rings. The van der Waals surface area contributed by atoms with Gasteiger partial charge in [-0.3, -0.25) is 0 Å². The predicted octanol–water partition coefficient (Wildman–Crippen LogP) is 5.65. The van der Waals surface area contributed by atoms with Gasteiger partial charge in [0.2, 0.25) is 0 Å². The molecule has 0 bridgehead atoms. The molecule has 2 radical (unpaired) electrons. The van der Waals surface area contributed by atoms with Crippen molar-refractivity contribution in [3.63, 3.8) is 0 Å². The first kappa shape index (κ1) is 14.2. The molecule has 0 atom stereocenters. The molecule has 1 aliphatic carbocycles. The van der Waals surface area contributed by atoms with Crippen LogP contribution in [0.4, 0.5) is 0 Å². The maximum absolute atomic E-state index is 3.26. The largest absolute Gasteiger partial charge is 0.0713 e. The van der Waals surface area contributed by atoms with Gasteiger partial charge in [-0.1, -0.05) is 84.9 Å². The second-order valence-corrected chi connectivity index (χ2v) is 6.43. The Bertz CT molecular complexity index is 943. The van der Waals surface area contributed by atoms with Crippen LogP contribution in [0.2, 0.25) is 0 Å². The molecular formula is C25H16. The van der Waals surface area contributed by atoms with Crippen molar-refractivity contribution in [2.24, 2.45) is 0 Å². The van der Waals surface area contributed by atoms with Gasteiger partial charge in [0.1, 0.15) is 0 Å². The number of fused-ring (bicyclic) bond motifs is 3. The van der Waals surface area contributed by atoms with E-state index in [0.29, 0.717) is 0 Å². The third-order valence-corrected chi connectivity index (χ3v) is 5.24. The van der Waals surface area contributed by atoms with Crippen molar-refractivity contribution in [3.05, 3.63) is 131 Å². The molecule has 0 aromatic heterocycles. The molecule has 0 spiro atoms. The van der Waals surface area contributed by atoms with Crippen LogP contribution in [0.15, 0.2) is 97.1 Å². The molecular weight excluding hydrogens is 300 g/mol. The molecule has 5 rings (SSSR count). The van der Waals surface area contributed by atoms with E-state index in [1.807, 2.05) is 12.1 Å². The van der Waals surface area contributed by atoms with Gasteiger partial charge in [0.05, 0.1) is 5.41 Å². The van der Waals surface area contributed by atoms with Gasteiger partial charge < -0.3 is 0 Å². The van der Waals surface area contributed by atoms with Crippen LogP contribution >= 0.6 is 0 Å². The topological polar surface area (TPSA) is 0 Å².